The van der Waals surface area contributed by atoms with Crippen LogP contribution in [-0.2, 0) is 16.4 Å². The number of aryl methyl sites for hydroxylation is 1. The smallest absolute Gasteiger partial charge is 0.256 e. The second-order valence-corrected chi connectivity index (χ2v) is 9.23. The number of hydrogen-bond acceptors (Lipinski definition) is 4. The van der Waals surface area contributed by atoms with E-state index in [0.717, 1.165) is 0 Å². The number of carbonyl (C=O) groups excluding carboxylic acids is 1. The summed E-state index contributed by atoms with van der Waals surface area (Å²) in [7, 11) is -3.08. The molecule has 1 atom stereocenters. The molecule has 1 unspecified atom stereocenters. The number of nitrogens with one attached hydrogen (secondary N) is 1. The Labute approximate surface area is 136 Å². The van der Waals surface area contributed by atoms with Crippen molar-refractivity contribution >= 4 is 27.3 Å². The van der Waals surface area contributed by atoms with Crippen LogP contribution in [0.3, 0.4) is 0 Å². The number of sulfone groups is 1. The van der Waals surface area contributed by atoms with Crippen molar-refractivity contribution < 1.29 is 13.2 Å². The highest BCUT2D eigenvalue weighted by molar-refractivity contribution is 7.91. The van der Waals surface area contributed by atoms with Crippen molar-refractivity contribution in [3.8, 4) is 0 Å². The van der Waals surface area contributed by atoms with Crippen LogP contribution < -0.4 is 5.32 Å². The molecule has 1 aliphatic heterocycles. The lowest BCUT2D eigenvalue weighted by molar-refractivity contribution is 0.0915. The van der Waals surface area contributed by atoms with Crippen LogP contribution >= 0.6 is 11.6 Å². The third-order valence-electron chi connectivity index (χ3n) is 3.75. The first-order valence-electron chi connectivity index (χ1n) is 7.29. The van der Waals surface area contributed by atoms with Crippen LogP contribution in [0.15, 0.2) is 0 Å². The average molecular weight is 348 g/mol. The SMILES string of the molecule is Cc1nn(CC(C)C)c(Cl)c1C(=O)NC1(C)CCS(=O)(=O)C1. The summed E-state index contributed by atoms with van der Waals surface area (Å²) in [5.41, 5.74) is 0.131. The summed E-state index contributed by atoms with van der Waals surface area (Å²) in [6.07, 6.45) is 0.415. The van der Waals surface area contributed by atoms with Crippen molar-refractivity contribution in [3.05, 3.63) is 16.4 Å². The number of rotatable bonds is 4. The van der Waals surface area contributed by atoms with Crippen molar-refractivity contribution in [1.82, 2.24) is 15.1 Å². The van der Waals surface area contributed by atoms with Gasteiger partial charge in [-0.15, -0.1) is 0 Å². The molecule has 1 aliphatic rings. The maximum atomic E-state index is 12.5. The van der Waals surface area contributed by atoms with Crippen LogP contribution in [0.5, 0.6) is 0 Å². The predicted molar refractivity (Wildman–Crippen MR) is 86.0 cm³/mol. The van der Waals surface area contributed by atoms with E-state index in [0.29, 0.717) is 35.3 Å². The molecule has 1 N–H and O–H groups in total. The molecule has 2 rings (SSSR count). The molecule has 1 saturated heterocycles. The summed E-state index contributed by atoms with van der Waals surface area (Å²) in [5, 5.41) is 7.42. The van der Waals surface area contributed by atoms with Gasteiger partial charge in [0.1, 0.15) is 5.15 Å². The number of aromatic nitrogens is 2. The maximum Gasteiger partial charge on any atom is 0.256 e. The fourth-order valence-electron chi connectivity index (χ4n) is 2.72. The molecule has 1 aromatic rings. The zero-order valence-electron chi connectivity index (χ0n) is 13.3. The topological polar surface area (TPSA) is 81.1 Å². The molecule has 0 aromatic carbocycles. The number of carbonyl (C=O) groups is 1. The molecule has 0 spiro atoms. The molecule has 0 bridgehead atoms. The van der Waals surface area contributed by atoms with Crippen LogP contribution in [0.25, 0.3) is 0 Å². The Morgan fingerprint density at radius 3 is 2.64 bits per heavy atom. The van der Waals surface area contributed by atoms with E-state index in [1.54, 1.807) is 18.5 Å². The maximum absolute atomic E-state index is 12.5. The zero-order chi connectivity index (χ0) is 16.7. The molecule has 6 nitrogen and oxygen atoms in total. The van der Waals surface area contributed by atoms with Gasteiger partial charge in [0.15, 0.2) is 9.84 Å². The van der Waals surface area contributed by atoms with Gasteiger partial charge in [-0.05, 0) is 26.2 Å². The van der Waals surface area contributed by atoms with Gasteiger partial charge in [-0.1, -0.05) is 25.4 Å². The predicted octanol–water partition coefficient (Wildman–Crippen LogP) is 1.81. The Balaban J connectivity index is 2.22. The molecule has 0 saturated carbocycles. The first-order valence-corrected chi connectivity index (χ1v) is 9.49. The molecule has 1 aromatic heterocycles. The van der Waals surface area contributed by atoms with Crippen molar-refractivity contribution in [2.75, 3.05) is 11.5 Å². The second kappa shape index (κ2) is 5.85. The Bertz CT molecular complexity index is 696. The molecular formula is C14H22ClN3O3S. The molecule has 2 heterocycles. The lowest BCUT2D eigenvalue weighted by atomic mass is 10.0. The lowest BCUT2D eigenvalue weighted by Gasteiger charge is -2.23. The highest BCUT2D eigenvalue weighted by atomic mass is 35.5. The molecule has 1 amide bonds. The van der Waals surface area contributed by atoms with E-state index < -0.39 is 15.4 Å². The first kappa shape index (κ1) is 17.3. The van der Waals surface area contributed by atoms with Gasteiger partial charge in [0.2, 0.25) is 0 Å². The largest absolute Gasteiger partial charge is 0.346 e. The third-order valence-corrected chi connectivity index (χ3v) is 6.04. The minimum absolute atomic E-state index is 0.0391. The summed E-state index contributed by atoms with van der Waals surface area (Å²) in [5.74, 6) is 0.0494. The number of nitrogens with zero attached hydrogens (tertiary/aromatic N) is 2. The van der Waals surface area contributed by atoms with Crippen LogP contribution in [0, 0.1) is 12.8 Å². The van der Waals surface area contributed by atoms with E-state index >= 15 is 0 Å². The monoisotopic (exact) mass is 347 g/mol. The average Bonchev–Trinajstić information content (AvgIpc) is 2.75. The van der Waals surface area contributed by atoms with Gasteiger partial charge in [0, 0.05) is 6.54 Å². The molecule has 124 valence electrons. The Morgan fingerprint density at radius 2 is 2.14 bits per heavy atom. The van der Waals surface area contributed by atoms with Crippen molar-refractivity contribution in [3.63, 3.8) is 0 Å². The standard InChI is InChI=1S/C14H22ClN3O3S/c1-9(2)7-18-12(15)11(10(3)17-18)13(19)16-14(4)5-6-22(20,21)8-14/h9H,5-8H2,1-4H3,(H,16,19). The van der Waals surface area contributed by atoms with Crippen LogP contribution in [0.1, 0.15) is 43.2 Å². The summed E-state index contributed by atoms with van der Waals surface area (Å²) in [6.45, 7) is 8.18. The molecule has 8 heteroatoms. The Kier molecular flexibility index (Phi) is 4.59. The van der Waals surface area contributed by atoms with Crippen LogP contribution in [0.4, 0.5) is 0 Å². The fourth-order valence-corrected chi connectivity index (χ4v) is 5.15. The highest BCUT2D eigenvalue weighted by Gasteiger charge is 2.40. The van der Waals surface area contributed by atoms with Crippen molar-refractivity contribution in [2.24, 2.45) is 5.92 Å². The molecule has 0 radical (unpaired) electrons. The minimum Gasteiger partial charge on any atom is -0.346 e. The molecule has 0 aliphatic carbocycles. The number of amides is 1. The van der Waals surface area contributed by atoms with E-state index in [1.165, 1.54) is 0 Å². The van der Waals surface area contributed by atoms with Crippen molar-refractivity contribution in [1.29, 1.82) is 0 Å². The van der Waals surface area contributed by atoms with E-state index in [9.17, 15) is 13.2 Å². The number of halogens is 1. The molecule has 22 heavy (non-hydrogen) atoms. The minimum atomic E-state index is -3.08. The van der Waals surface area contributed by atoms with E-state index in [4.69, 9.17) is 11.6 Å². The quantitative estimate of drug-likeness (QED) is 0.900. The van der Waals surface area contributed by atoms with Crippen LogP contribution in [0.2, 0.25) is 5.15 Å². The van der Waals surface area contributed by atoms with E-state index in [-0.39, 0.29) is 17.4 Å². The van der Waals surface area contributed by atoms with Gasteiger partial charge in [-0.3, -0.25) is 9.48 Å². The van der Waals surface area contributed by atoms with E-state index in [2.05, 4.69) is 10.4 Å². The van der Waals surface area contributed by atoms with Crippen LogP contribution in [-0.4, -0.2) is 41.2 Å². The van der Waals surface area contributed by atoms with Gasteiger partial charge in [0.05, 0.1) is 28.3 Å². The molecular weight excluding hydrogens is 326 g/mol. The van der Waals surface area contributed by atoms with Gasteiger partial charge >= 0.3 is 0 Å². The summed E-state index contributed by atoms with van der Waals surface area (Å²) >= 11 is 6.28. The third kappa shape index (κ3) is 3.63. The van der Waals surface area contributed by atoms with Crippen molar-refractivity contribution in [2.45, 2.75) is 46.2 Å². The zero-order valence-corrected chi connectivity index (χ0v) is 14.9. The van der Waals surface area contributed by atoms with E-state index in [1.807, 2.05) is 13.8 Å². The Morgan fingerprint density at radius 1 is 1.50 bits per heavy atom. The highest BCUT2D eigenvalue weighted by Crippen LogP contribution is 2.26. The second-order valence-electron chi connectivity index (χ2n) is 6.68. The van der Waals surface area contributed by atoms with Gasteiger partial charge in [-0.25, -0.2) is 8.42 Å². The normalized spacial score (nSPS) is 23.9. The molecule has 1 fully saturated rings. The lowest BCUT2D eigenvalue weighted by Crippen LogP contribution is -2.47. The fraction of sp³-hybridized carbons (Fsp3) is 0.714. The Hall–Kier alpha value is -1.08. The van der Waals surface area contributed by atoms with Gasteiger partial charge in [0.25, 0.3) is 5.91 Å². The summed E-state index contributed by atoms with van der Waals surface area (Å²) in [4.78, 5) is 12.5. The first-order chi connectivity index (χ1) is 10.0. The van der Waals surface area contributed by atoms with Gasteiger partial charge in [-0.2, -0.15) is 5.10 Å². The number of hydrogen-bond donors (Lipinski definition) is 1. The summed E-state index contributed by atoms with van der Waals surface area (Å²) in [6, 6.07) is 0. The van der Waals surface area contributed by atoms with Gasteiger partial charge < -0.3 is 5.32 Å². The summed E-state index contributed by atoms with van der Waals surface area (Å²) < 4.78 is 24.9.